The number of nitrogens with one attached hydrogen (secondary N) is 1. The molecule has 0 amide bonds. The first-order valence-corrected chi connectivity index (χ1v) is 10.2. The van der Waals surface area contributed by atoms with Crippen LogP contribution in [0.2, 0.25) is 0 Å². The Kier molecular flexibility index (Phi) is 7.21. The maximum absolute atomic E-state index is 11.9. The van der Waals surface area contributed by atoms with Crippen molar-refractivity contribution >= 4 is 26.1 Å². The Morgan fingerprint density at radius 3 is 2.18 bits per heavy atom. The van der Waals surface area contributed by atoms with E-state index >= 15 is 0 Å². The standard InChI is InChI=1S/C14H22N2O4S2/c1-3-16(4-2)22(19,20)13-11-15-21(17,18)12-10-14-8-6-5-7-9-14/h5-10,12,15H,3-4,11,13H2,1-2H3/b12-10+. The van der Waals surface area contributed by atoms with Gasteiger partial charge in [-0.15, -0.1) is 0 Å². The van der Waals surface area contributed by atoms with E-state index in [0.717, 1.165) is 11.0 Å². The maximum atomic E-state index is 11.9. The predicted octanol–water partition coefficient (Wildman–Crippen LogP) is 1.25. The topological polar surface area (TPSA) is 83.6 Å². The van der Waals surface area contributed by atoms with Gasteiger partial charge >= 0.3 is 0 Å². The van der Waals surface area contributed by atoms with Gasteiger partial charge in [0.05, 0.1) is 5.75 Å². The van der Waals surface area contributed by atoms with Gasteiger partial charge in [-0.3, -0.25) is 0 Å². The molecule has 1 rings (SSSR count). The molecule has 8 heteroatoms. The smallest absolute Gasteiger partial charge is 0.212 e. The molecular formula is C14H22N2O4S2. The molecule has 0 unspecified atom stereocenters. The zero-order chi connectivity index (χ0) is 16.6. The number of benzene rings is 1. The maximum Gasteiger partial charge on any atom is 0.233 e. The van der Waals surface area contributed by atoms with Crippen LogP contribution in [-0.2, 0) is 20.0 Å². The van der Waals surface area contributed by atoms with E-state index < -0.39 is 20.0 Å². The van der Waals surface area contributed by atoms with Crippen LogP contribution < -0.4 is 4.72 Å². The average molecular weight is 346 g/mol. The molecule has 0 saturated heterocycles. The van der Waals surface area contributed by atoms with Crippen molar-refractivity contribution in [2.45, 2.75) is 13.8 Å². The van der Waals surface area contributed by atoms with Crippen LogP contribution in [0.25, 0.3) is 6.08 Å². The lowest BCUT2D eigenvalue weighted by Gasteiger charge is -2.18. The fraction of sp³-hybridized carbons (Fsp3) is 0.429. The van der Waals surface area contributed by atoms with E-state index in [4.69, 9.17) is 0 Å². The SMILES string of the molecule is CCN(CC)S(=O)(=O)CCNS(=O)(=O)/C=C/c1ccccc1. The Morgan fingerprint density at radius 1 is 1.05 bits per heavy atom. The van der Waals surface area contributed by atoms with Gasteiger partial charge in [0.2, 0.25) is 20.0 Å². The molecule has 0 saturated carbocycles. The van der Waals surface area contributed by atoms with E-state index in [9.17, 15) is 16.8 Å². The number of nitrogens with zero attached hydrogens (tertiary/aromatic N) is 1. The molecule has 22 heavy (non-hydrogen) atoms. The predicted molar refractivity (Wildman–Crippen MR) is 89.1 cm³/mol. The van der Waals surface area contributed by atoms with Gasteiger partial charge in [0.25, 0.3) is 0 Å². The summed E-state index contributed by atoms with van der Waals surface area (Å²) in [6.45, 7) is 4.08. The van der Waals surface area contributed by atoms with Gasteiger partial charge in [0.1, 0.15) is 0 Å². The van der Waals surface area contributed by atoms with Crippen molar-refractivity contribution < 1.29 is 16.8 Å². The molecule has 6 nitrogen and oxygen atoms in total. The van der Waals surface area contributed by atoms with E-state index in [2.05, 4.69) is 4.72 Å². The minimum atomic E-state index is -3.65. The van der Waals surface area contributed by atoms with Crippen LogP contribution >= 0.6 is 0 Å². The fourth-order valence-corrected chi connectivity index (χ4v) is 4.19. The summed E-state index contributed by atoms with van der Waals surface area (Å²) in [7, 11) is -7.08. The normalized spacial score (nSPS) is 13.0. The molecule has 0 spiro atoms. The molecule has 1 aromatic rings. The molecular weight excluding hydrogens is 324 g/mol. The second-order valence-corrected chi connectivity index (χ2v) is 8.29. The van der Waals surface area contributed by atoms with Crippen molar-refractivity contribution in [3.8, 4) is 0 Å². The highest BCUT2D eigenvalue weighted by molar-refractivity contribution is 7.92. The fourth-order valence-electron chi connectivity index (χ4n) is 1.84. The third-order valence-electron chi connectivity index (χ3n) is 3.00. The van der Waals surface area contributed by atoms with Crippen LogP contribution in [0.5, 0.6) is 0 Å². The summed E-state index contributed by atoms with van der Waals surface area (Å²) >= 11 is 0. The number of hydrogen-bond donors (Lipinski definition) is 1. The summed E-state index contributed by atoms with van der Waals surface area (Å²) in [5.41, 5.74) is 0.753. The van der Waals surface area contributed by atoms with Gasteiger partial charge in [0, 0.05) is 25.0 Å². The van der Waals surface area contributed by atoms with Crippen molar-refractivity contribution in [3.63, 3.8) is 0 Å². The van der Waals surface area contributed by atoms with Crippen molar-refractivity contribution in [3.05, 3.63) is 41.3 Å². The quantitative estimate of drug-likeness (QED) is 0.729. The van der Waals surface area contributed by atoms with E-state index in [1.54, 1.807) is 38.1 Å². The first-order valence-electron chi connectivity index (χ1n) is 7.01. The van der Waals surface area contributed by atoms with Crippen molar-refractivity contribution in [1.82, 2.24) is 9.03 Å². The molecule has 0 radical (unpaired) electrons. The molecule has 0 aliphatic rings. The van der Waals surface area contributed by atoms with Crippen LogP contribution in [-0.4, -0.2) is 46.5 Å². The van der Waals surface area contributed by atoms with Crippen LogP contribution in [0, 0.1) is 0 Å². The van der Waals surface area contributed by atoms with E-state index in [0.29, 0.717) is 13.1 Å². The Bertz CT molecular complexity index is 679. The molecule has 0 aliphatic heterocycles. The first-order chi connectivity index (χ1) is 10.3. The summed E-state index contributed by atoms with van der Waals surface area (Å²) in [4.78, 5) is 0. The molecule has 0 fully saturated rings. The molecule has 1 aromatic carbocycles. The van der Waals surface area contributed by atoms with Gasteiger partial charge in [-0.05, 0) is 11.6 Å². The zero-order valence-electron chi connectivity index (χ0n) is 12.8. The Balaban J connectivity index is 2.58. The van der Waals surface area contributed by atoms with Gasteiger partial charge in [-0.25, -0.2) is 25.9 Å². The lowest BCUT2D eigenvalue weighted by atomic mass is 10.2. The van der Waals surface area contributed by atoms with E-state index in [1.807, 2.05) is 6.07 Å². The Hall–Kier alpha value is -1.22. The van der Waals surface area contributed by atoms with Crippen LogP contribution in [0.15, 0.2) is 35.7 Å². The molecule has 0 bridgehead atoms. The molecule has 124 valence electrons. The van der Waals surface area contributed by atoms with E-state index in [1.165, 1.54) is 10.4 Å². The molecule has 1 N–H and O–H groups in total. The van der Waals surface area contributed by atoms with Crippen LogP contribution in [0.4, 0.5) is 0 Å². The molecule has 0 heterocycles. The number of hydrogen-bond acceptors (Lipinski definition) is 4. The summed E-state index contributed by atoms with van der Waals surface area (Å²) in [5.74, 6) is -0.257. The van der Waals surface area contributed by atoms with Crippen LogP contribution in [0.1, 0.15) is 19.4 Å². The lowest BCUT2D eigenvalue weighted by Crippen LogP contribution is -2.37. The summed E-state index contributed by atoms with van der Waals surface area (Å²) in [5, 5.41) is 1.03. The molecule has 0 aromatic heterocycles. The van der Waals surface area contributed by atoms with E-state index in [-0.39, 0.29) is 12.3 Å². The minimum absolute atomic E-state index is 0.152. The molecule has 0 aliphatic carbocycles. The highest BCUT2D eigenvalue weighted by atomic mass is 32.2. The number of sulfonamides is 2. The van der Waals surface area contributed by atoms with Crippen LogP contribution in [0.3, 0.4) is 0 Å². The summed E-state index contributed by atoms with van der Waals surface area (Å²) in [6.07, 6.45) is 1.46. The van der Waals surface area contributed by atoms with Crippen molar-refractivity contribution in [1.29, 1.82) is 0 Å². The average Bonchev–Trinajstić information content (AvgIpc) is 2.47. The minimum Gasteiger partial charge on any atom is -0.212 e. The third kappa shape index (κ3) is 6.27. The Morgan fingerprint density at radius 2 is 1.64 bits per heavy atom. The first kappa shape index (κ1) is 18.8. The van der Waals surface area contributed by atoms with Crippen molar-refractivity contribution in [2.75, 3.05) is 25.4 Å². The lowest BCUT2D eigenvalue weighted by molar-refractivity contribution is 0.445. The second kappa shape index (κ2) is 8.42. The largest absolute Gasteiger partial charge is 0.233 e. The monoisotopic (exact) mass is 346 g/mol. The van der Waals surface area contributed by atoms with Gasteiger partial charge < -0.3 is 0 Å². The van der Waals surface area contributed by atoms with Crippen molar-refractivity contribution in [2.24, 2.45) is 0 Å². The third-order valence-corrected chi connectivity index (χ3v) is 6.13. The zero-order valence-corrected chi connectivity index (χ0v) is 14.4. The van der Waals surface area contributed by atoms with Gasteiger partial charge in [-0.2, -0.15) is 0 Å². The van der Waals surface area contributed by atoms with Gasteiger partial charge in [0.15, 0.2) is 0 Å². The highest BCUT2D eigenvalue weighted by Gasteiger charge is 2.19. The highest BCUT2D eigenvalue weighted by Crippen LogP contribution is 2.03. The second-order valence-electron chi connectivity index (χ2n) is 4.55. The molecule has 0 atom stereocenters. The summed E-state index contributed by atoms with van der Waals surface area (Å²) < 4.78 is 51.0. The Labute approximate surface area is 132 Å². The summed E-state index contributed by atoms with van der Waals surface area (Å²) in [6, 6.07) is 8.99. The van der Waals surface area contributed by atoms with Gasteiger partial charge in [-0.1, -0.05) is 44.2 Å². The number of rotatable bonds is 9.